The van der Waals surface area contributed by atoms with E-state index in [9.17, 15) is 9.18 Å². The predicted octanol–water partition coefficient (Wildman–Crippen LogP) is 3.81. The molecule has 0 aliphatic rings. The molecule has 3 rings (SSSR count). The maximum absolute atomic E-state index is 13.9. The van der Waals surface area contributed by atoms with Gasteiger partial charge in [-0.05, 0) is 38.1 Å². The van der Waals surface area contributed by atoms with Gasteiger partial charge in [0.25, 0.3) is 5.91 Å². The highest BCUT2D eigenvalue weighted by atomic mass is 19.1. The van der Waals surface area contributed by atoms with Crippen LogP contribution in [0.15, 0.2) is 48.5 Å². The Morgan fingerprint density at radius 3 is 2.73 bits per heavy atom. The molecule has 1 aromatic heterocycles. The molecular formula is C20H17FN4O. The average Bonchev–Trinajstić information content (AvgIpc) is 2.91. The van der Waals surface area contributed by atoms with E-state index in [1.54, 1.807) is 48.0 Å². The van der Waals surface area contributed by atoms with Crippen LogP contribution in [0.3, 0.4) is 0 Å². The molecule has 0 spiro atoms. The first-order valence-electron chi connectivity index (χ1n) is 8.08. The van der Waals surface area contributed by atoms with Crippen LogP contribution in [0, 0.1) is 31.0 Å². The third-order valence-electron chi connectivity index (χ3n) is 4.15. The van der Waals surface area contributed by atoms with Gasteiger partial charge in [0.05, 0.1) is 35.3 Å². The zero-order chi connectivity index (χ0) is 18.7. The molecule has 2 aromatic carbocycles. The molecule has 130 valence electrons. The van der Waals surface area contributed by atoms with Crippen molar-refractivity contribution in [2.24, 2.45) is 0 Å². The van der Waals surface area contributed by atoms with Crippen molar-refractivity contribution < 1.29 is 9.18 Å². The molecule has 0 aliphatic heterocycles. The molecule has 1 N–H and O–H groups in total. The number of nitrogens with one attached hydrogen (secondary N) is 1. The number of carbonyl (C=O) groups excluding carboxylic acids is 1. The van der Waals surface area contributed by atoms with Crippen LogP contribution in [0.5, 0.6) is 0 Å². The molecule has 0 fully saturated rings. The van der Waals surface area contributed by atoms with Gasteiger partial charge in [0, 0.05) is 11.1 Å². The molecule has 0 atom stereocenters. The molecule has 5 nitrogen and oxygen atoms in total. The van der Waals surface area contributed by atoms with Crippen LogP contribution in [0.4, 0.5) is 10.1 Å². The first-order valence-corrected chi connectivity index (χ1v) is 8.08. The van der Waals surface area contributed by atoms with Gasteiger partial charge in [-0.3, -0.25) is 9.48 Å². The Balaban J connectivity index is 1.85. The van der Waals surface area contributed by atoms with Crippen molar-refractivity contribution in [3.8, 4) is 6.07 Å². The summed E-state index contributed by atoms with van der Waals surface area (Å²) >= 11 is 0. The minimum absolute atomic E-state index is 0.277. The van der Waals surface area contributed by atoms with Crippen molar-refractivity contribution in [2.45, 2.75) is 20.4 Å². The molecule has 0 saturated carbocycles. The molecular weight excluding hydrogens is 331 g/mol. The summed E-state index contributed by atoms with van der Waals surface area (Å²) in [4.78, 5) is 12.5. The number of anilines is 1. The van der Waals surface area contributed by atoms with E-state index >= 15 is 0 Å². The lowest BCUT2D eigenvalue weighted by molar-refractivity contribution is 0.102. The summed E-state index contributed by atoms with van der Waals surface area (Å²) in [7, 11) is 0. The van der Waals surface area contributed by atoms with Crippen molar-refractivity contribution in [1.29, 1.82) is 5.26 Å². The van der Waals surface area contributed by atoms with E-state index in [2.05, 4.69) is 10.4 Å². The van der Waals surface area contributed by atoms with Crippen LogP contribution < -0.4 is 5.32 Å². The number of nitriles is 1. The van der Waals surface area contributed by atoms with Gasteiger partial charge in [-0.15, -0.1) is 0 Å². The minimum atomic E-state index is -0.321. The Bertz CT molecular complexity index is 1020. The monoisotopic (exact) mass is 348 g/mol. The van der Waals surface area contributed by atoms with Crippen LogP contribution in [0.1, 0.15) is 32.9 Å². The van der Waals surface area contributed by atoms with E-state index in [0.717, 1.165) is 5.69 Å². The van der Waals surface area contributed by atoms with E-state index in [1.807, 2.05) is 13.0 Å². The normalized spacial score (nSPS) is 10.4. The molecule has 1 heterocycles. The molecule has 0 radical (unpaired) electrons. The number of carbonyl (C=O) groups is 1. The Morgan fingerprint density at radius 1 is 1.23 bits per heavy atom. The van der Waals surface area contributed by atoms with Crippen LogP contribution in [0.25, 0.3) is 0 Å². The van der Waals surface area contributed by atoms with Crippen LogP contribution in [-0.4, -0.2) is 15.7 Å². The molecule has 26 heavy (non-hydrogen) atoms. The summed E-state index contributed by atoms with van der Waals surface area (Å²) in [6.45, 7) is 3.88. The number of hydrogen-bond acceptors (Lipinski definition) is 3. The Morgan fingerprint density at radius 2 is 2.00 bits per heavy atom. The molecule has 1 amide bonds. The van der Waals surface area contributed by atoms with Gasteiger partial charge in [0.15, 0.2) is 0 Å². The fourth-order valence-corrected chi connectivity index (χ4v) is 2.74. The summed E-state index contributed by atoms with van der Waals surface area (Å²) in [6, 6.07) is 15.0. The second-order valence-corrected chi connectivity index (χ2v) is 5.94. The number of aromatic nitrogens is 2. The molecule has 0 saturated heterocycles. The standard InChI is InChI=1S/C20H17FN4O/c1-13-19(23-20(26)16-8-5-6-15(10-16)11-22)14(2)25(24-13)12-17-7-3-4-9-18(17)21/h3-10H,12H2,1-2H3,(H,23,26). The Hall–Kier alpha value is -3.46. The zero-order valence-corrected chi connectivity index (χ0v) is 14.5. The van der Waals surface area contributed by atoms with Gasteiger partial charge < -0.3 is 5.32 Å². The largest absolute Gasteiger partial charge is 0.319 e. The molecule has 0 bridgehead atoms. The lowest BCUT2D eigenvalue weighted by atomic mass is 10.1. The quantitative estimate of drug-likeness (QED) is 0.779. The highest BCUT2D eigenvalue weighted by molar-refractivity contribution is 6.05. The number of hydrogen-bond donors (Lipinski definition) is 1. The molecule has 3 aromatic rings. The molecule has 6 heteroatoms. The number of aryl methyl sites for hydroxylation is 1. The van der Waals surface area contributed by atoms with Crippen molar-refractivity contribution in [3.05, 3.63) is 82.4 Å². The van der Waals surface area contributed by atoms with E-state index in [-0.39, 0.29) is 18.3 Å². The van der Waals surface area contributed by atoms with Crippen LogP contribution >= 0.6 is 0 Å². The second kappa shape index (κ2) is 7.19. The fourth-order valence-electron chi connectivity index (χ4n) is 2.74. The summed E-state index contributed by atoms with van der Waals surface area (Å²) in [5, 5.41) is 16.2. The summed E-state index contributed by atoms with van der Waals surface area (Å²) in [6.07, 6.45) is 0. The van der Waals surface area contributed by atoms with E-state index in [1.165, 1.54) is 12.1 Å². The van der Waals surface area contributed by atoms with Crippen molar-refractivity contribution in [1.82, 2.24) is 9.78 Å². The number of amides is 1. The van der Waals surface area contributed by atoms with Gasteiger partial charge >= 0.3 is 0 Å². The molecule has 0 unspecified atom stereocenters. The first kappa shape index (κ1) is 17.4. The zero-order valence-electron chi connectivity index (χ0n) is 14.5. The average molecular weight is 348 g/mol. The number of halogens is 1. The minimum Gasteiger partial charge on any atom is -0.319 e. The van der Waals surface area contributed by atoms with Gasteiger partial charge in [-0.25, -0.2) is 4.39 Å². The summed E-state index contributed by atoms with van der Waals surface area (Å²) in [5.74, 6) is -0.613. The SMILES string of the molecule is Cc1nn(Cc2ccccc2F)c(C)c1NC(=O)c1cccc(C#N)c1. The topological polar surface area (TPSA) is 70.7 Å². The highest BCUT2D eigenvalue weighted by Gasteiger charge is 2.16. The van der Waals surface area contributed by atoms with Gasteiger partial charge in [0.1, 0.15) is 5.82 Å². The third-order valence-corrected chi connectivity index (χ3v) is 4.15. The Labute approximate surface area is 150 Å². The van der Waals surface area contributed by atoms with Gasteiger partial charge in [-0.1, -0.05) is 24.3 Å². The third kappa shape index (κ3) is 3.47. The van der Waals surface area contributed by atoms with Crippen molar-refractivity contribution in [3.63, 3.8) is 0 Å². The number of nitrogens with zero attached hydrogens (tertiary/aromatic N) is 3. The van der Waals surface area contributed by atoms with Crippen LogP contribution in [0.2, 0.25) is 0 Å². The number of benzene rings is 2. The maximum Gasteiger partial charge on any atom is 0.255 e. The lowest BCUT2D eigenvalue weighted by Crippen LogP contribution is -2.13. The maximum atomic E-state index is 13.9. The van der Waals surface area contributed by atoms with E-state index in [0.29, 0.717) is 28.1 Å². The van der Waals surface area contributed by atoms with Crippen LogP contribution in [-0.2, 0) is 6.54 Å². The van der Waals surface area contributed by atoms with Crippen molar-refractivity contribution >= 4 is 11.6 Å². The smallest absolute Gasteiger partial charge is 0.255 e. The van der Waals surface area contributed by atoms with E-state index < -0.39 is 0 Å². The fraction of sp³-hybridized carbons (Fsp3) is 0.150. The molecule has 0 aliphatic carbocycles. The Kier molecular flexibility index (Phi) is 4.81. The number of rotatable bonds is 4. The van der Waals surface area contributed by atoms with Gasteiger partial charge in [-0.2, -0.15) is 10.4 Å². The van der Waals surface area contributed by atoms with Gasteiger partial charge in [0.2, 0.25) is 0 Å². The highest BCUT2D eigenvalue weighted by Crippen LogP contribution is 2.22. The van der Waals surface area contributed by atoms with E-state index in [4.69, 9.17) is 5.26 Å². The predicted molar refractivity (Wildman–Crippen MR) is 96.3 cm³/mol. The summed E-state index contributed by atoms with van der Waals surface area (Å²) in [5.41, 5.74) is 3.30. The first-order chi connectivity index (χ1) is 12.5. The summed E-state index contributed by atoms with van der Waals surface area (Å²) < 4.78 is 15.5. The van der Waals surface area contributed by atoms with Crippen molar-refractivity contribution in [2.75, 3.05) is 5.32 Å². The lowest BCUT2D eigenvalue weighted by Gasteiger charge is -2.08. The second-order valence-electron chi connectivity index (χ2n) is 5.94.